The van der Waals surface area contributed by atoms with Crippen LogP contribution in [0, 0.1) is 6.92 Å². The first-order valence-electron chi connectivity index (χ1n) is 8.37. The summed E-state index contributed by atoms with van der Waals surface area (Å²) in [6.45, 7) is 5.10. The monoisotopic (exact) mass is 337 g/mol. The zero-order valence-corrected chi connectivity index (χ0v) is 14.2. The first-order valence-corrected chi connectivity index (χ1v) is 8.37. The van der Waals surface area contributed by atoms with Gasteiger partial charge < -0.3 is 19.1 Å². The second-order valence-corrected chi connectivity index (χ2v) is 6.19. The lowest BCUT2D eigenvalue weighted by Crippen LogP contribution is -2.14. The molecule has 128 valence electrons. The van der Waals surface area contributed by atoms with Crippen LogP contribution in [0.15, 0.2) is 36.4 Å². The Morgan fingerprint density at radius 3 is 2.92 bits per heavy atom. The molecule has 0 aliphatic carbocycles. The van der Waals surface area contributed by atoms with E-state index in [0.717, 1.165) is 45.6 Å². The Hall–Kier alpha value is -2.95. The molecule has 2 aromatic carbocycles. The van der Waals surface area contributed by atoms with Crippen LogP contribution in [0.25, 0.3) is 22.2 Å². The van der Waals surface area contributed by atoms with Crippen molar-refractivity contribution >= 4 is 16.9 Å². The molecule has 0 amide bonds. The fourth-order valence-electron chi connectivity index (χ4n) is 3.44. The standard InChI is InChI=1S/C20H19NO4/c1-3-9-24-17-6-4-5-15-18-12(2)14-8-7-13(20(22)23)10-16(14)21(18)11-25-19(15)17/h4-8,10H,3,9,11H2,1-2H3,(H,22,23). The number of fused-ring (bicyclic) bond motifs is 5. The number of aromatic carboxylic acids is 1. The average Bonchev–Trinajstić information content (AvgIpc) is 2.92. The lowest BCUT2D eigenvalue weighted by atomic mass is 10.0. The van der Waals surface area contributed by atoms with Crippen molar-refractivity contribution in [3.05, 3.63) is 47.5 Å². The molecule has 3 aromatic rings. The predicted octanol–water partition coefficient (Wildman–Crippen LogP) is 4.45. The van der Waals surface area contributed by atoms with Crippen LogP contribution in [-0.4, -0.2) is 22.2 Å². The van der Waals surface area contributed by atoms with Crippen LogP contribution < -0.4 is 9.47 Å². The third-order valence-corrected chi connectivity index (χ3v) is 4.60. The number of benzene rings is 2. The van der Waals surface area contributed by atoms with E-state index >= 15 is 0 Å². The Morgan fingerprint density at radius 2 is 2.16 bits per heavy atom. The van der Waals surface area contributed by atoms with Gasteiger partial charge in [0.25, 0.3) is 0 Å². The molecule has 1 aromatic heterocycles. The molecular formula is C20H19NO4. The Labute approximate surface area is 145 Å². The zero-order valence-electron chi connectivity index (χ0n) is 14.2. The summed E-state index contributed by atoms with van der Waals surface area (Å²) >= 11 is 0. The minimum Gasteiger partial charge on any atom is -0.490 e. The van der Waals surface area contributed by atoms with E-state index in [1.807, 2.05) is 28.8 Å². The lowest BCUT2D eigenvalue weighted by Gasteiger charge is -2.24. The number of carbonyl (C=O) groups is 1. The third kappa shape index (κ3) is 2.35. The van der Waals surface area contributed by atoms with Crippen LogP contribution in [0.5, 0.6) is 11.5 Å². The van der Waals surface area contributed by atoms with Crippen LogP contribution in [0.2, 0.25) is 0 Å². The first-order chi connectivity index (χ1) is 12.1. The summed E-state index contributed by atoms with van der Waals surface area (Å²) in [5.74, 6) is 0.580. The molecule has 0 spiro atoms. The van der Waals surface area contributed by atoms with Gasteiger partial charge in [0, 0.05) is 10.9 Å². The number of aryl methyl sites for hydroxylation is 1. The number of para-hydroxylation sites is 1. The van der Waals surface area contributed by atoms with E-state index in [2.05, 4.69) is 13.8 Å². The lowest BCUT2D eigenvalue weighted by molar-refractivity contribution is 0.0697. The van der Waals surface area contributed by atoms with Crippen molar-refractivity contribution in [2.24, 2.45) is 0 Å². The molecule has 2 heterocycles. The second kappa shape index (κ2) is 5.84. The molecule has 5 nitrogen and oxygen atoms in total. The van der Waals surface area contributed by atoms with Gasteiger partial charge in [-0.25, -0.2) is 4.79 Å². The number of hydrogen-bond donors (Lipinski definition) is 1. The summed E-state index contributed by atoms with van der Waals surface area (Å²) in [5.41, 5.74) is 4.30. The highest BCUT2D eigenvalue weighted by atomic mass is 16.5. The molecular weight excluding hydrogens is 318 g/mol. The molecule has 1 N–H and O–H groups in total. The summed E-state index contributed by atoms with van der Waals surface area (Å²) in [7, 11) is 0. The summed E-state index contributed by atoms with van der Waals surface area (Å²) < 4.78 is 13.8. The number of carboxylic acids is 1. The summed E-state index contributed by atoms with van der Waals surface area (Å²) in [5, 5.41) is 10.3. The number of carboxylic acid groups (broad SMARTS) is 1. The van der Waals surface area contributed by atoms with Crippen LogP contribution in [0.4, 0.5) is 0 Å². The normalized spacial score (nSPS) is 12.4. The SMILES string of the molecule is CCCOc1cccc2c1OCn1c-2c(C)c2ccc(C(=O)O)cc21. The van der Waals surface area contributed by atoms with E-state index in [1.165, 1.54) is 0 Å². The summed E-state index contributed by atoms with van der Waals surface area (Å²) in [6.07, 6.45) is 0.931. The summed E-state index contributed by atoms with van der Waals surface area (Å²) in [6, 6.07) is 11.1. The van der Waals surface area contributed by atoms with Crippen molar-refractivity contribution in [3.63, 3.8) is 0 Å². The van der Waals surface area contributed by atoms with E-state index in [1.54, 1.807) is 12.1 Å². The van der Waals surface area contributed by atoms with Gasteiger partial charge in [0.05, 0.1) is 23.4 Å². The molecule has 1 aliphatic rings. The van der Waals surface area contributed by atoms with Crippen molar-refractivity contribution in [2.75, 3.05) is 6.61 Å². The fourth-order valence-corrected chi connectivity index (χ4v) is 3.44. The van der Waals surface area contributed by atoms with Gasteiger partial charge >= 0.3 is 5.97 Å². The zero-order chi connectivity index (χ0) is 17.6. The number of nitrogens with zero attached hydrogens (tertiary/aromatic N) is 1. The van der Waals surface area contributed by atoms with Gasteiger partial charge in [-0.15, -0.1) is 0 Å². The minimum atomic E-state index is -0.928. The molecule has 0 radical (unpaired) electrons. The molecule has 0 bridgehead atoms. The van der Waals surface area contributed by atoms with Gasteiger partial charge in [0.15, 0.2) is 18.2 Å². The van der Waals surface area contributed by atoms with Crippen molar-refractivity contribution in [1.29, 1.82) is 0 Å². The topological polar surface area (TPSA) is 60.7 Å². The van der Waals surface area contributed by atoms with Crippen LogP contribution >= 0.6 is 0 Å². The van der Waals surface area contributed by atoms with Crippen molar-refractivity contribution in [1.82, 2.24) is 4.57 Å². The van der Waals surface area contributed by atoms with E-state index in [4.69, 9.17) is 9.47 Å². The molecule has 1 aliphatic heterocycles. The van der Waals surface area contributed by atoms with E-state index in [0.29, 0.717) is 13.3 Å². The predicted molar refractivity (Wildman–Crippen MR) is 95.5 cm³/mol. The number of aromatic nitrogens is 1. The van der Waals surface area contributed by atoms with E-state index in [9.17, 15) is 9.90 Å². The molecule has 0 saturated heterocycles. The maximum atomic E-state index is 11.3. The average molecular weight is 337 g/mol. The van der Waals surface area contributed by atoms with Crippen LogP contribution in [-0.2, 0) is 6.73 Å². The Bertz CT molecular complexity index is 987. The molecule has 25 heavy (non-hydrogen) atoms. The molecule has 5 heteroatoms. The van der Waals surface area contributed by atoms with E-state index < -0.39 is 5.97 Å². The number of ether oxygens (including phenoxy) is 2. The van der Waals surface area contributed by atoms with Gasteiger partial charge in [0.2, 0.25) is 0 Å². The quantitative estimate of drug-likeness (QED) is 0.764. The number of hydrogen-bond acceptors (Lipinski definition) is 3. The minimum absolute atomic E-state index is 0.277. The van der Waals surface area contributed by atoms with Crippen LogP contribution in [0.3, 0.4) is 0 Å². The molecule has 0 unspecified atom stereocenters. The maximum Gasteiger partial charge on any atom is 0.335 e. The van der Waals surface area contributed by atoms with Gasteiger partial charge in [-0.05, 0) is 43.2 Å². The Balaban J connectivity index is 1.93. The smallest absolute Gasteiger partial charge is 0.335 e. The number of rotatable bonds is 4. The third-order valence-electron chi connectivity index (χ3n) is 4.60. The van der Waals surface area contributed by atoms with Crippen molar-refractivity contribution < 1.29 is 19.4 Å². The van der Waals surface area contributed by atoms with Gasteiger partial charge in [-0.1, -0.05) is 19.1 Å². The largest absolute Gasteiger partial charge is 0.490 e. The molecule has 0 atom stereocenters. The Kier molecular flexibility index (Phi) is 3.64. The first kappa shape index (κ1) is 15.6. The molecule has 0 saturated carbocycles. The Morgan fingerprint density at radius 1 is 1.32 bits per heavy atom. The molecule has 4 rings (SSSR count). The van der Waals surface area contributed by atoms with Gasteiger partial charge in [0.1, 0.15) is 0 Å². The maximum absolute atomic E-state index is 11.3. The van der Waals surface area contributed by atoms with Crippen molar-refractivity contribution in [2.45, 2.75) is 27.0 Å². The molecule has 0 fully saturated rings. The van der Waals surface area contributed by atoms with Crippen LogP contribution in [0.1, 0.15) is 29.3 Å². The van der Waals surface area contributed by atoms with Gasteiger partial charge in [-0.3, -0.25) is 0 Å². The summed E-state index contributed by atoms with van der Waals surface area (Å²) in [4.78, 5) is 11.3. The van der Waals surface area contributed by atoms with Crippen molar-refractivity contribution in [3.8, 4) is 22.8 Å². The van der Waals surface area contributed by atoms with Gasteiger partial charge in [-0.2, -0.15) is 0 Å². The highest BCUT2D eigenvalue weighted by Gasteiger charge is 2.26. The highest BCUT2D eigenvalue weighted by molar-refractivity contribution is 5.98. The fraction of sp³-hybridized carbons (Fsp3) is 0.250. The second-order valence-electron chi connectivity index (χ2n) is 6.19. The van der Waals surface area contributed by atoms with E-state index in [-0.39, 0.29) is 5.56 Å². The highest BCUT2D eigenvalue weighted by Crippen LogP contribution is 2.45.